The largest absolute Gasteiger partial charge is 0.416 e. The first-order valence-electron chi connectivity index (χ1n) is 6.03. The van der Waals surface area contributed by atoms with Crippen LogP contribution in [0.4, 0.5) is 13.2 Å². The zero-order chi connectivity index (χ0) is 15.6. The van der Waals surface area contributed by atoms with Gasteiger partial charge in [-0.3, -0.25) is 0 Å². The Morgan fingerprint density at radius 1 is 1.00 bits per heavy atom. The summed E-state index contributed by atoms with van der Waals surface area (Å²) in [5.41, 5.74) is 0.381. The van der Waals surface area contributed by atoms with E-state index in [0.717, 1.165) is 11.6 Å². The second-order valence-electron chi connectivity index (χ2n) is 4.51. The van der Waals surface area contributed by atoms with Gasteiger partial charge in [-0.25, -0.2) is 0 Å². The smallest absolute Gasteiger partial charge is 0.166 e. The van der Waals surface area contributed by atoms with Crippen LogP contribution in [-0.4, -0.2) is 0 Å². The van der Waals surface area contributed by atoms with Crippen molar-refractivity contribution in [2.24, 2.45) is 0 Å². The van der Waals surface area contributed by atoms with Crippen molar-refractivity contribution in [2.75, 3.05) is 0 Å². The van der Waals surface area contributed by atoms with Gasteiger partial charge in [-0.2, -0.15) is 13.2 Å². The van der Waals surface area contributed by atoms with Crippen molar-refractivity contribution in [3.05, 3.63) is 69.2 Å². The van der Waals surface area contributed by atoms with Gasteiger partial charge in [0.1, 0.15) is 0 Å². The summed E-state index contributed by atoms with van der Waals surface area (Å²) in [5.74, 6) is 0. The SMILES string of the molecule is FC(F)(F)c1ccccc1C(Br)Cc1ccc(Cl)c(Cl)c1. The molecule has 0 aromatic heterocycles. The number of benzene rings is 2. The van der Waals surface area contributed by atoms with Crippen molar-refractivity contribution in [1.82, 2.24) is 0 Å². The maximum atomic E-state index is 13.0. The van der Waals surface area contributed by atoms with Crippen molar-refractivity contribution in [3.8, 4) is 0 Å². The Balaban J connectivity index is 2.28. The van der Waals surface area contributed by atoms with E-state index in [4.69, 9.17) is 23.2 Å². The summed E-state index contributed by atoms with van der Waals surface area (Å²) in [6.45, 7) is 0. The third-order valence-corrected chi connectivity index (χ3v) is 4.56. The summed E-state index contributed by atoms with van der Waals surface area (Å²) >= 11 is 15.1. The van der Waals surface area contributed by atoms with Gasteiger partial charge in [0.2, 0.25) is 0 Å². The van der Waals surface area contributed by atoms with Crippen LogP contribution in [0.5, 0.6) is 0 Å². The standard InChI is InChI=1S/C15H10BrCl2F3/c16-12(7-9-5-6-13(17)14(18)8-9)10-3-1-2-4-11(10)15(19,20)21/h1-6,8,12H,7H2. The lowest BCUT2D eigenvalue weighted by atomic mass is 9.99. The van der Waals surface area contributed by atoms with Crippen molar-refractivity contribution >= 4 is 39.1 Å². The number of halogens is 6. The highest BCUT2D eigenvalue weighted by Gasteiger charge is 2.34. The van der Waals surface area contributed by atoms with Crippen LogP contribution in [0.2, 0.25) is 10.0 Å². The molecule has 0 fully saturated rings. The zero-order valence-electron chi connectivity index (χ0n) is 10.6. The summed E-state index contributed by atoms with van der Waals surface area (Å²) in [4.78, 5) is -0.465. The second-order valence-corrected chi connectivity index (χ2v) is 6.42. The average molecular weight is 398 g/mol. The van der Waals surface area contributed by atoms with Gasteiger partial charge < -0.3 is 0 Å². The quantitative estimate of drug-likeness (QED) is 0.506. The van der Waals surface area contributed by atoms with Gasteiger partial charge in [0, 0.05) is 4.83 Å². The van der Waals surface area contributed by atoms with E-state index in [1.54, 1.807) is 24.3 Å². The van der Waals surface area contributed by atoms with E-state index in [-0.39, 0.29) is 5.56 Å². The van der Waals surface area contributed by atoms with Crippen LogP contribution in [0.1, 0.15) is 21.5 Å². The average Bonchev–Trinajstić information content (AvgIpc) is 2.42. The Hall–Kier alpha value is -0.710. The van der Waals surface area contributed by atoms with Crippen LogP contribution < -0.4 is 0 Å². The van der Waals surface area contributed by atoms with Gasteiger partial charge in [-0.15, -0.1) is 0 Å². The van der Waals surface area contributed by atoms with Gasteiger partial charge in [0.25, 0.3) is 0 Å². The molecule has 0 aliphatic carbocycles. The first-order chi connectivity index (χ1) is 9.79. The van der Waals surface area contributed by atoms with Crippen LogP contribution in [0.3, 0.4) is 0 Å². The maximum Gasteiger partial charge on any atom is 0.416 e. The summed E-state index contributed by atoms with van der Waals surface area (Å²) in [6.07, 6.45) is -4.00. The molecule has 2 aromatic rings. The third-order valence-electron chi connectivity index (χ3n) is 3.00. The minimum Gasteiger partial charge on any atom is -0.166 e. The molecule has 112 valence electrons. The molecule has 21 heavy (non-hydrogen) atoms. The maximum absolute atomic E-state index is 13.0. The fourth-order valence-corrected chi connectivity index (χ4v) is 3.11. The van der Waals surface area contributed by atoms with Crippen LogP contribution in [0, 0.1) is 0 Å². The topological polar surface area (TPSA) is 0 Å². The molecule has 0 nitrogen and oxygen atoms in total. The van der Waals surface area contributed by atoms with Crippen molar-refractivity contribution in [3.63, 3.8) is 0 Å². The van der Waals surface area contributed by atoms with E-state index in [9.17, 15) is 13.2 Å². The number of alkyl halides is 4. The van der Waals surface area contributed by atoms with Gasteiger partial charge >= 0.3 is 6.18 Å². The predicted octanol–water partition coefficient (Wildman–Crippen LogP) is 6.69. The molecule has 0 N–H and O–H groups in total. The number of rotatable bonds is 3. The van der Waals surface area contributed by atoms with E-state index < -0.39 is 16.6 Å². The number of hydrogen-bond donors (Lipinski definition) is 0. The van der Waals surface area contributed by atoms with E-state index >= 15 is 0 Å². The summed E-state index contributed by atoms with van der Waals surface area (Å²) in [6, 6.07) is 10.6. The van der Waals surface area contributed by atoms with Gasteiger partial charge in [0.05, 0.1) is 15.6 Å². The molecule has 2 rings (SSSR count). The molecular formula is C15H10BrCl2F3. The van der Waals surface area contributed by atoms with E-state index in [2.05, 4.69) is 15.9 Å². The molecule has 0 radical (unpaired) electrons. The van der Waals surface area contributed by atoms with Crippen LogP contribution in [0.15, 0.2) is 42.5 Å². The fraction of sp³-hybridized carbons (Fsp3) is 0.200. The lowest BCUT2D eigenvalue weighted by Crippen LogP contribution is -2.10. The summed E-state index contributed by atoms with van der Waals surface area (Å²) in [5, 5.41) is 0.806. The first kappa shape index (κ1) is 16.7. The Morgan fingerprint density at radius 3 is 2.29 bits per heavy atom. The molecule has 0 aliphatic rings. The van der Waals surface area contributed by atoms with Crippen LogP contribution >= 0.6 is 39.1 Å². The highest BCUT2D eigenvalue weighted by Crippen LogP contribution is 2.38. The molecule has 0 aliphatic heterocycles. The Kier molecular flexibility index (Phi) is 5.23. The van der Waals surface area contributed by atoms with Gasteiger partial charge in [-0.05, 0) is 35.7 Å². The molecular weight excluding hydrogens is 388 g/mol. The van der Waals surface area contributed by atoms with Crippen LogP contribution in [-0.2, 0) is 12.6 Å². The lowest BCUT2D eigenvalue weighted by molar-refractivity contribution is -0.138. The van der Waals surface area contributed by atoms with E-state index in [1.807, 2.05) is 0 Å². The van der Waals surface area contributed by atoms with E-state index in [1.165, 1.54) is 12.1 Å². The highest BCUT2D eigenvalue weighted by atomic mass is 79.9. The van der Waals surface area contributed by atoms with Crippen LogP contribution in [0.25, 0.3) is 0 Å². The Labute approximate surface area is 139 Å². The van der Waals surface area contributed by atoms with Crippen molar-refractivity contribution in [1.29, 1.82) is 0 Å². The predicted molar refractivity (Wildman–Crippen MR) is 83.3 cm³/mol. The van der Waals surface area contributed by atoms with Gasteiger partial charge in [0.15, 0.2) is 0 Å². The molecule has 1 unspecified atom stereocenters. The van der Waals surface area contributed by atoms with Gasteiger partial charge in [-0.1, -0.05) is 63.4 Å². The molecule has 0 spiro atoms. The summed E-state index contributed by atoms with van der Waals surface area (Å²) < 4.78 is 39.0. The number of hydrogen-bond acceptors (Lipinski definition) is 0. The lowest BCUT2D eigenvalue weighted by Gasteiger charge is -2.17. The molecule has 0 heterocycles. The molecule has 0 bridgehead atoms. The summed E-state index contributed by atoms with van der Waals surface area (Å²) in [7, 11) is 0. The minimum absolute atomic E-state index is 0.205. The van der Waals surface area contributed by atoms with Crippen molar-refractivity contribution < 1.29 is 13.2 Å². The Morgan fingerprint density at radius 2 is 1.67 bits per heavy atom. The minimum atomic E-state index is -4.37. The molecule has 2 aromatic carbocycles. The molecule has 6 heteroatoms. The highest BCUT2D eigenvalue weighted by molar-refractivity contribution is 9.09. The van der Waals surface area contributed by atoms with E-state index in [0.29, 0.717) is 16.5 Å². The fourth-order valence-electron chi connectivity index (χ4n) is 2.01. The van der Waals surface area contributed by atoms with Crippen molar-refractivity contribution in [2.45, 2.75) is 17.4 Å². The zero-order valence-corrected chi connectivity index (χ0v) is 13.7. The second kappa shape index (κ2) is 6.59. The normalized spacial score (nSPS) is 13.2. The first-order valence-corrected chi connectivity index (χ1v) is 7.70. The molecule has 0 amide bonds. The molecule has 1 atom stereocenters. The Bertz CT molecular complexity index is 641. The third kappa shape index (κ3) is 4.15. The molecule has 0 saturated carbocycles. The monoisotopic (exact) mass is 396 g/mol. The molecule has 0 saturated heterocycles.